The van der Waals surface area contributed by atoms with Gasteiger partial charge in [0.1, 0.15) is 0 Å². The van der Waals surface area contributed by atoms with Crippen molar-refractivity contribution in [1.82, 2.24) is 0 Å². The zero-order chi connectivity index (χ0) is 53.8. The number of rotatable bonds is 8. The smallest absolute Gasteiger partial charge is 0.394 e. The van der Waals surface area contributed by atoms with Crippen LogP contribution in [0.5, 0.6) is 0 Å². The lowest BCUT2D eigenvalue weighted by molar-refractivity contribution is 0.302. The molecule has 0 aliphatic heterocycles. The Morgan fingerprint density at radius 2 is 0.609 bits per heavy atom. The first-order chi connectivity index (χ1) is 30.2. The molecule has 4 aromatic rings. The second-order valence-electron chi connectivity index (χ2n) is 11.7. The van der Waals surface area contributed by atoms with Gasteiger partial charge in [0.25, 0.3) is 0 Å². The average molecular weight is 1100 g/mol. The van der Waals surface area contributed by atoms with E-state index in [0.29, 0.717) is 13.1 Å². The quantitative estimate of drug-likeness (QED) is 0.0839. The molecule has 24 N–H and O–H groups in total. The summed E-state index contributed by atoms with van der Waals surface area (Å²) >= 11 is 0. The average Bonchev–Trinajstić information content (AvgIpc) is 3.13. The molecule has 0 saturated carbocycles. The molecule has 0 atom stereocenters. The summed E-state index contributed by atoms with van der Waals surface area (Å²) in [5.74, 6) is 0. The zero-order valence-electron chi connectivity index (χ0n) is 37.2. The van der Waals surface area contributed by atoms with Gasteiger partial charge < -0.3 is 53.9 Å². The van der Waals surface area contributed by atoms with E-state index in [2.05, 4.69) is 35.8 Å². The minimum Gasteiger partial charge on any atom is -0.412 e. The summed E-state index contributed by atoms with van der Waals surface area (Å²) in [6.07, 6.45) is 0. The molecule has 0 radical (unpaired) electrons. The lowest BCUT2D eigenvalue weighted by Crippen LogP contribution is -2.26. The molecule has 0 saturated heterocycles. The van der Waals surface area contributed by atoms with Crippen LogP contribution in [0.2, 0.25) is 0 Å². The Hall–Kier alpha value is -5.13. The van der Waals surface area contributed by atoms with Crippen molar-refractivity contribution in [1.29, 1.82) is 0 Å². The fourth-order valence-electron chi connectivity index (χ4n) is 3.80. The molecule has 0 aromatic heterocycles. The van der Waals surface area contributed by atoms with E-state index < -0.39 is 52.0 Å². The van der Waals surface area contributed by atoms with E-state index in [1.807, 2.05) is 98.8 Å². The van der Waals surface area contributed by atoms with Crippen molar-refractivity contribution in [2.45, 2.75) is 27.7 Å². The molecule has 0 spiro atoms. The van der Waals surface area contributed by atoms with Gasteiger partial charge in [-0.25, -0.2) is 0 Å². The fourth-order valence-corrected chi connectivity index (χ4v) is 3.80. The Bertz CT molecular complexity index is 2170. The van der Waals surface area contributed by atoms with Crippen LogP contribution < -0.4 is 32.7 Å². The second kappa shape index (κ2) is 40.7. The van der Waals surface area contributed by atoms with Crippen LogP contribution in [0.1, 0.15) is 25.0 Å². The molecule has 4 aromatic carbocycles. The van der Waals surface area contributed by atoms with Gasteiger partial charge >= 0.3 is 52.0 Å². The summed E-state index contributed by atoms with van der Waals surface area (Å²) in [5, 5.41) is 17.8. The van der Waals surface area contributed by atoms with Gasteiger partial charge in [0.05, 0.1) is 13.2 Å². The third kappa shape index (κ3) is 77.4. The summed E-state index contributed by atoms with van der Waals surface area (Å²) in [7, 11) is -23.3. The van der Waals surface area contributed by atoms with Crippen LogP contribution in [-0.4, -0.2) is 148 Å². The summed E-state index contributed by atoms with van der Waals surface area (Å²) < 4.78 is 158. The van der Waals surface area contributed by atoms with Crippen molar-refractivity contribution in [3.63, 3.8) is 0 Å². The molecule has 69 heavy (non-hydrogen) atoms. The highest BCUT2D eigenvalue weighted by Gasteiger charge is 2.05. The first-order valence-corrected chi connectivity index (χ1v) is 24.7. The van der Waals surface area contributed by atoms with Gasteiger partial charge in [0, 0.05) is 60.3 Å². The lowest BCUT2D eigenvalue weighted by atomic mass is 10.1. The summed E-state index contributed by atoms with van der Waals surface area (Å²) in [5.41, 5.74) is 29.9. The van der Waals surface area contributed by atoms with Gasteiger partial charge in [0.2, 0.25) is 0 Å². The van der Waals surface area contributed by atoms with Crippen molar-refractivity contribution in [3.8, 4) is 0 Å². The Labute approximate surface area is 401 Å². The number of aliphatic hydroxyl groups is 2. The molecule has 35 heteroatoms. The van der Waals surface area contributed by atoms with Gasteiger partial charge in [-0.1, -0.05) is 36.4 Å². The third-order valence-electron chi connectivity index (χ3n) is 6.34. The van der Waals surface area contributed by atoms with Crippen LogP contribution >= 0.6 is 0 Å². The van der Waals surface area contributed by atoms with Gasteiger partial charge in [-0.3, -0.25) is 45.5 Å². The minimum atomic E-state index is -4.67. The molecule has 0 aliphatic carbocycles. The summed E-state index contributed by atoms with van der Waals surface area (Å²) in [6, 6.07) is 30.9. The first-order valence-electron chi connectivity index (χ1n) is 17.7. The predicted octanol–water partition coefficient (Wildman–Crippen LogP) is 0.416. The number of benzene rings is 4. The van der Waals surface area contributed by atoms with E-state index in [9.17, 15) is 0 Å². The number of nitrogens with zero attached hydrogens (tertiary/aromatic N) is 2. The number of anilines is 6. The number of para-hydroxylation sites is 2. The Morgan fingerprint density at radius 1 is 0.406 bits per heavy atom. The molecule has 30 nitrogen and oxygen atoms in total. The maximum Gasteiger partial charge on any atom is 0.394 e. The molecule has 0 bridgehead atoms. The highest BCUT2D eigenvalue weighted by atomic mass is 32.3. The predicted molar refractivity (Wildman–Crippen MR) is 261 cm³/mol. The molecule has 404 valence electrons. The SMILES string of the molecule is CCN(CCO)c1ccc(N)c(C)c1.CCN(CCO)c1ccc(N)c(C)c1.Nc1ccccc1.Nc1ccccc1.O.O.O=S(=O)(O)O.O=S(=O)(O)O.O=S(=O)(O)O.O=S(=O)(O)O.O=S(=O)(O)O. The third-order valence-corrected chi connectivity index (χ3v) is 6.34. The van der Waals surface area contributed by atoms with Crippen molar-refractivity contribution < 1.29 is 109 Å². The Balaban J connectivity index is -0.000000130. The Kier molecular flexibility index (Phi) is 46.1. The van der Waals surface area contributed by atoms with Crippen LogP contribution in [0.15, 0.2) is 97.1 Å². The van der Waals surface area contributed by atoms with E-state index in [0.717, 1.165) is 58.3 Å². The van der Waals surface area contributed by atoms with Gasteiger partial charge in [0.15, 0.2) is 0 Å². The second-order valence-corrected chi connectivity index (χ2v) is 16.2. The lowest BCUT2D eigenvalue weighted by Gasteiger charge is -2.22. The van der Waals surface area contributed by atoms with Crippen LogP contribution in [-0.2, 0) is 52.0 Å². The molecule has 0 fully saturated rings. The first kappa shape index (κ1) is 78.1. The van der Waals surface area contributed by atoms with Crippen molar-refractivity contribution >= 4 is 86.1 Å². The van der Waals surface area contributed by atoms with Crippen molar-refractivity contribution in [3.05, 3.63) is 108 Å². The van der Waals surface area contributed by atoms with Gasteiger partial charge in [-0.15, -0.1) is 0 Å². The van der Waals surface area contributed by atoms with Crippen LogP contribution in [0, 0.1) is 13.8 Å². The van der Waals surface area contributed by atoms with Gasteiger partial charge in [-0.05, 0) is 99.5 Å². The van der Waals surface area contributed by atoms with Gasteiger partial charge in [-0.2, -0.15) is 42.1 Å². The highest BCUT2D eigenvalue weighted by Crippen LogP contribution is 2.21. The number of nitrogens with two attached hydrogens (primary N) is 4. The molecule has 0 amide bonds. The van der Waals surface area contributed by atoms with Crippen LogP contribution in [0.25, 0.3) is 0 Å². The molecule has 0 aliphatic rings. The van der Waals surface area contributed by atoms with Crippen LogP contribution in [0.4, 0.5) is 34.1 Å². The van der Waals surface area contributed by atoms with Crippen LogP contribution in [0.3, 0.4) is 0 Å². The fraction of sp³-hybridized carbons (Fsp3) is 0.294. The maximum atomic E-state index is 8.89. The number of aliphatic hydroxyl groups excluding tert-OH is 2. The van der Waals surface area contributed by atoms with Crippen molar-refractivity contribution in [2.24, 2.45) is 0 Å². The molecule has 0 heterocycles. The van der Waals surface area contributed by atoms with E-state index >= 15 is 0 Å². The number of hydrogen-bond donors (Lipinski definition) is 16. The van der Waals surface area contributed by atoms with E-state index in [1.54, 1.807) is 0 Å². The maximum absolute atomic E-state index is 8.89. The molecular weight excluding hydrogens is 1040 g/mol. The number of hydrogen-bond acceptors (Lipinski definition) is 18. The minimum absolute atomic E-state index is 0. The van der Waals surface area contributed by atoms with E-state index in [1.165, 1.54) is 0 Å². The van der Waals surface area contributed by atoms with Crippen molar-refractivity contribution in [2.75, 3.05) is 72.1 Å². The normalized spacial score (nSPS) is 10.1. The molecule has 0 unspecified atom stereocenters. The topological polar surface area (TPSA) is 587 Å². The zero-order valence-corrected chi connectivity index (χ0v) is 41.3. The van der Waals surface area contributed by atoms with E-state index in [-0.39, 0.29) is 24.2 Å². The monoisotopic (exact) mass is 1100 g/mol. The summed E-state index contributed by atoms with van der Waals surface area (Å²) in [6.45, 7) is 11.6. The standard InChI is InChI=1S/2C11H18N2O.2C6H7N.5H2O4S.2H2O/c2*1-3-13(6-7-14)10-4-5-11(12)9(2)8-10;2*7-6-4-2-1-3-5-6;5*1-5(2,3)4;;/h2*4-5,8,14H,3,6-7,12H2,1-2H3;2*1-5H,7H2;5*(H2,1,2,3,4);2*1H2. The Morgan fingerprint density at radius 3 is 0.739 bits per heavy atom. The number of aryl methyl sites for hydroxylation is 2. The summed E-state index contributed by atoms with van der Waals surface area (Å²) in [4.78, 5) is 4.24. The molecule has 4 rings (SSSR count). The van der Waals surface area contributed by atoms with E-state index in [4.69, 9.17) is 121 Å². The number of likely N-dealkylation sites (N-methyl/N-ethyl adjacent to an activating group) is 2. The molecular formula is C34H64N6O24S5. The largest absolute Gasteiger partial charge is 0.412 e. The highest BCUT2D eigenvalue weighted by molar-refractivity contribution is 7.80. The number of nitrogen functional groups attached to an aromatic ring is 4.